The zero-order valence-electron chi connectivity index (χ0n) is 9.48. The van der Waals surface area contributed by atoms with Gasteiger partial charge in [0.25, 0.3) is 0 Å². The molecular formula is C15H18. The minimum Gasteiger partial charge on any atom is -0.0808 e. The minimum atomic E-state index is 0.274. The highest BCUT2D eigenvalue weighted by molar-refractivity contribution is 5.24. The van der Waals surface area contributed by atoms with Crippen LogP contribution in [0.15, 0.2) is 54.6 Å². The minimum absolute atomic E-state index is 0.274. The Bertz CT molecular complexity index is 372. The van der Waals surface area contributed by atoms with E-state index in [4.69, 9.17) is 0 Å². The van der Waals surface area contributed by atoms with Crippen LogP contribution in [0.1, 0.15) is 19.4 Å². The molecule has 0 nitrogen and oxygen atoms in total. The maximum Gasteiger partial charge on any atom is -0.00429 e. The lowest BCUT2D eigenvalue weighted by Crippen LogP contribution is -2.25. The summed E-state index contributed by atoms with van der Waals surface area (Å²) in [4.78, 5) is 0. The van der Waals surface area contributed by atoms with Crippen LogP contribution in [0.3, 0.4) is 0 Å². The molecule has 78 valence electrons. The summed E-state index contributed by atoms with van der Waals surface area (Å²) in [5.41, 5.74) is 1.70. The highest BCUT2D eigenvalue weighted by atomic mass is 14.3. The average molecular weight is 198 g/mol. The van der Waals surface area contributed by atoms with Gasteiger partial charge in [-0.15, -0.1) is 0 Å². The van der Waals surface area contributed by atoms with Gasteiger partial charge in [-0.2, -0.15) is 0 Å². The summed E-state index contributed by atoms with van der Waals surface area (Å²) < 4.78 is 0. The van der Waals surface area contributed by atoms with Gasteiger partial charge in [0.1, 0.15) is 0 Å². The Morgan fingerprint density at radius 1 is 1.13 bits per heavy atom. The first kappa shape index (κ1) is 10.2. The summed E-state index contributed by atoms with van der Waals surface area (Å²) in [5, 5.41) is 0. The standard InChI is InChI=1S/C15H18/c1-13-8-6-7-11-15(13,2)12-14-9-4-3-5-10-14/h3-11,13H,12H2,1-2H3. The van der Waals surface area contributed by atoms with E-state index in [1.165, 1.54) is 5.56 Å². The van der Waals surface area contributed by atoms with Crippen molar-refractivity contribution in [3.8, 4) is 0 Å². The predicted octanol–water partition coefficient (Wildman–Crippen LogP) is 4.00. The van der Waals surface area contributed by atoms with Crippen LogP contribution in [0, 0.1) is 11.3 Å². The van der Waals surface area contributed by atoms with E-state index in [9.17, 15) is 0 Å². The van der Waals surface area contributed by atoms with Crippen LogP contribution in [-0.4, -0.2) is 0 Å². The van der Waals surface area contributed by atoms with Crippen LogP contribution in [0.5, 0.6) is 0 Å². The summed E-state index contributed by atoms with van der Waals surface area (Å²) in [6.45, 7) is 4.63. The van der Waals surface area contributed by atoms with Gasteiger partial charge < -0.3 is 0 Å². The van der Waals surface area contributed by atoms with Gasteiger partial charge in [-0.3, -0.25) is 0 Å². The molecule has 1 aromatic carbocycles. The van der Waals surface area contributed by atoms with E-state index < -0.39 is 0 Å². The Morgan fingerprint density at radius 2 is 1.87 bits per heavy atom. The number of benzene rings is 1. The molecule has 1 aliphatic rings. The molecule has 0 aromatic heterocycles. The molecule has 2 rings (SSSR count). The van der Waals surface area contributed by atoms with E-state index in [1.54, 1.807) is 0 Å². The fraction of sp³-hybridized carbons (Fsp3) is 0.333. The quantitative estimate of drug-likeness (QED) is 0.674. The first-order chi connectivity index (χ1) is 7.21. The maximum atomic E-state index is 2.34. The monoisotopic (exact) mass is 198 g/mol. The van der Waals surface area contributed by atoms with Crippen molar-refractivity contribution < 1.29 is 0 Å². The number of hydrogen-bond donors (Lipinski definition) is 0. The van der Waals surface area contributed by atoms with Crippen molar-refractivity contribution in [2.24, 2.45) is 11.3 Å². The first-order valence-corrected chi connectivity index (χ1v) is 5.61. The molecule has 0 saturated heterocycles. The van der Waals surface area contributed by atoms with Gasteiger partial charge in [-0.1, -0.05) is 68.5 Å². The third kappa shape index (κ3) is 2.20. The third-order valence-corrected chi connectivity index (χ3v) is 3.46. The lowest BCUT2D eigenvalue weighted by Gasteiger charge is -2.33. The molecule has 2 atom stereocenters. The molecule has 0 radical (unpaired) electrons. The van der Waals surface area contributed by atoms with Gasteiger partial charge in [0.2, 0.25) is 0 Å². The van der Waals surface area contributed by atoms with Crippen molar-refractivity contribution in [3.63, 3.8) is 0 Å². The van der Waals surface area contributed by atoms with Crippen LogP contribution in [0.25, 0.3) is 0 Å². The summed E-state index contributed by atoms with van der Waals surface area (Å²) in [6.07, 6.45) is 10.1. The maximum absolute atomic E-state index is 2.34. The average Bonchev–Trinajstić information content (AvgIpc) is 2.24. The molecule has 1 aliphatic carbocycles. The van der Waals surface area contributed by atoms with Crippen molar-refractivity contribution in [1.82, 2.24) is 0 Å². The molecule has 0 N–H and O–H groups in total. The van der Waals surface area contributed by atoms with E-state index in [-0.39, 0.29) is 5.41 Å². The number of allylic oxidation sites excluding steroid dienone is 4. The summed E-state index contributed by atoms with van der Waals surface area (Å²) >= 11 is 0. The second kappa shape index (κ2) is 4.06. The van der Waals surface area contributed by atoms with E-state index >= 15 is 0 Å². The van der Waals surface area contributed by atoms with E-state index in [0.29, 0.717) is 5.92 Å². The highest BCUT2D eigenvalue weighted by Crippen LogP contribution is 2.36. The molecule has 15 heavy (non-hydrogen) atoms. The topological polar surface area (TPSA) is 0 Å². The Labute approximate surface area is 92.3 Å². The van der Waals surface area contributed by atoms with Crippen LogP contribution in [-0.2, 0) is 6.42 Å². The molecule has 0 amide bonds. The van der Waals surface area contributed by atoms with Crippen molar-refractivity contribution in [1.29, 1.82) is 0 Å². The molecule has 1 aromatic rings. The summed E-state index contributed by atoms with van der Waals surface area (Å²) in [7, 11) is 0. The highest BCUT2D eigenvalue weighted by Gasteiger charge is 2.28. The van der Waals surface area contributed by atoms with E-state index in [2.05, 4.69) is 68.5 Å². The van der Waals surface area contributed by atoms with E-state index in [1.807, 2.05) is 0 Å². The molecule has 0 heteroatoms. The van der Waals surface area contributed by atoms with Crippen molar-refractivity contribution in [3.05, 3.63) is 60.2 Å². The van der Waals surface area contributed by atoms with Crippen molar-refractivity contribution in [2.45, 2.75) is 20.3 Å². The van der Waals surface area contributed by atoms with Crippen LogP contribution < -0.4 is 0 Å². The van der Waals surface area contributed by atoms with Gasteiger partial charge >= 0.3 is 0 Å². The molecule has 0 spiro atoms. The van der Waals surface area contributed by atoms with Gasteiger partial charge in [-0.25, -0.2) is 0 Å². The Hall–Kier alpha value is -1.30. The van der Waals surface area contributed by atoms with Gasteiger partial charge in [-0.05, 0) is 23.3 Å². The lowest BCUT2D eigenvalue weighted by molar-refractivity contribution is 0.323. The Morgan fingerprint density at radius 3 is 2.53 bits per heavy atom. The second-order valence-electron chi connectivity index (χ2n) is 4.70. The molecule has 0 saturated carbocycles. The lowest BCUT2D eigenvalue weighted by atomic mass is 9.71. The zero-order chi connectivity index (χ0) is 10.7. The Balaban J connectivity index is 2.18. The van der Waals surface area contributed by atoms with Crippen molar-refractivity contribution in [2.75, 3.05) is 0 Å². The van der Waals surface area contributed by atoms with Crippen LogP contribution in [0.4, 0.5) is 0 Å². The normalized spacial score (nSPS) is 29.3. The molecule has 0 bridgehead atoms. The molecular weight excluding hydrogens is 180 g/mol. The predicted molar refractivity (Wildman–Crippen MR) is 65.7 cm³/mol. The van der Waals surface area contributed by atoms with Gasteiger partial charge in [0.05, 0.1) is 0 Å². The fourth-order valence-electron chi connectivity index (χ4n) is 2.13. The summed E-state index contributed by atoms with van der Waals surface area (Å²) in [6, 6.07) is 10.7. The van der Waals surface area contributed by atoms with Crippen LogP contribution in [0.2, 0.25) is 0 Å². The largest absolute Gasteiger partial charge is 0.0808 e. The molecule has 0 aliphatic heterocycles. The van der Waals surface area contributed by atoms with Gasteiger partial charge in [0, 0.05) is 0 Å². The third-order valence-electron chi connectivity index (χ3n) is 3.46. The second-order valence-corrected chi connectivity index (χ2v) is 4.70. The van der Waals surface area contributed by atoms with Crippen molar-refractivity contribution >= 4 is 0 Å². The summed E-state index contributed by atoms with van der Waals surface area (Å²) in [5.74, 6) is 0.614. The molecule has 2 unspecified atom stereocenters. The number of hydrogen-bond acceptors (Lipinski definition) is 0. The van der Waals surface area contributed by atoms with Crippen LogP contribution >= 0.6 is 0 Å². The first-order valence-electron chi connectivity index (χ1n) is 5.61. The smallest absolute Gasteiger partial charge is 0.00429 e. The fourth-order valence-corrected chi connectivity index (χ4v) is 2.13. The van der Waals surface area contributed by atoms with E-state index in [0.717, 1.165) is 6.42 Å². The Kier molecular flexibility index (Phi) is 2.77. The molecule has 0 heterocycles. The van der Waals surface area contributed by atoms with Gasteiger partial charge in [0.15, 0.2) is 0 Å². The molecule has 0 fully saturated rings. The SMILES string of the molecule is CC1C=CC=CC1(C)Cc1ccccc1. The number of rotatable bonds is 2. The zero-order valence-corrected chi connectivity index (χ0v) is 9.48.